The van der Waals surface area contributed by atoms with Crippen molar-refractivity contribution in [3.8, 4) is 23.0 Å². The summed E-state index contributed by atoms with van der Waals surface area (Å²) in [5.41, 5.74) is 0. The molecule has 2 rings (SSSR count). The maximum Gasteiger partial charge on any atom is 0.573 e. The number of halogens is 4. The van der Waals surface area contributed by atoms with Gasteiger partial charge in [0.15, 0.2) is 11.5 Å². The van der Waals surface area contributed by atoms with Crippen molar-refractivity contribution >= 4 is 26.1 Å². The topological polar surface area (TPSA) is 27.7 Å². The molecule has 0 heterocycles. The number of hydrogen-bond acceptors (Lipinski definition) is 3. The number of benzene rings is 2. The van der Waals surface area contributed by atoms with Gasteiger partial charge in [-0.1, -0.05) is 11.6 Å². The predicted octanol–water partition coefficient (Wildman–Crippen LogP) is 4.54. The first-order valence-corrected chi connectivity index (χ1v) is 6.90. The van der Waals surface area contributed by atoms with Gasteiger partial charge in [0.1, 0.15) is 11.5 Å². The molecule has 0 aliphatic heterocycles. The first kappa shape index (κ1) is 16.7. The zero-order chi connectivity index (χ0) is 16.3. The van der Waals surface area contributed by atoms with Gasteiger partial charge in [0.25, 0.3) is 0 Å². The van der Waals surface area contributed by atoms with Crippen LogP contribution in [0.1, 0.15) is 0 Å². The summed E-state index contributed by atoms with van der Waals surface area (Å²) in [5, 5.41) is 1.01. The monoisotopic (exact) mass is 350 g/mol. The second kappa shape index (κ2) is 6.63. The molecule has 8 heteroatoms. The van der Waals surface area contributed by atoms with Gasteiger partial charge in [-0.2, -0.15) is 0 Å². The Morgan fingerprint density at radius 1 is 1.00 bits per heavy atom. The van der Waals surface area contributed by atoms with Gasteiger partial charge < -0.3 is 14.2 Å². The zero-order valence-corrected chi connectivity index (χ0v) is 13.2. The van der Waals surface area contributed by atoms with Crippen LogP contribution < -0.4 is 19.5 Å². The van der Waals surface area contributed by atoms with E-state index in [4.69, 9.17) is 21.1 Å². The minimum Gasteiger partial charge on any atom is -0.493 e. The molecule has 0 saturated carbocycles. The molecule has 22 heavy (non-hydrogen) atoms. The fraction of sp³-hybridized carbons (Fsp3) is 0.143. The van der Waals surface area contributed by atoms with E-state index in [1.165, 1.54) is 25.3 Å². The Bertz CT molecular complexity index is 677. The van der Waals surface area contributed by atoms with Crippen molar-refractivity contribution in [3.63, 3.8) is 0 Å². The minimum atomic E-state index is -4.77. The summed E-state index contributed by atoms with van der Waals surface area (Å²) in [7, 11) is 3.80. The predicted molar refractivity (Wildman–Crippen MR) is 80.5 cm³/mol. The number of rotatable bonds is 4. The highest BCUT2D eigenvalue weighted by Gasteiger charge is 2.31. The number of methoxy groups -OCH3 is 1. The molecule has 0 radical (unpaired) electrons. The van der Waals surface area contributed by atoms with Crippen molar-refractivity contribution in [2.75, 3.05) is 7.11 Å². The van der Waals surface area contributed by atoms with Crippen molar-refractivity contribution in [1.29, 1.82) is 0 Å². The minimum absolute atomic E-state index is 0.187. The zero-order valence-electron chi connectivity index (χ0n) is 11.3. The standard InChI is InChI=1S/C14H11ClF3O3P/c1-19-11-6-8(15)2-4-10(11)20-12-7-9(3-5-13(12)22)21-14(16,17)18/h2-7H,22H2,1H3. The Balaban J connectivity index is 2.31. The van der Waals surface area contributed by atoms with E-state index in [1.807, 2.05) is 0 Å². The van der Waals surface area contributed by atoms with Gasteiger partial charge in [0.05, 0.1) is 7.11 Å². The van der Waals surface area contributed by atoms with E-state index in [0.29, 0.717) is 21.8 Å². The SMILES string of the molecule is COc1cc(Cl)ccc1Oc1cc(OC(F)(F)F)ccc1P. The van der Waals surface area contributed by atoms with Crippen LogP contribution >= 0.6 is 20.8 Å². The molecule has 0 aromatic heterocycles. The van der Waals surface area contributed by atoms with Gasteiger partial charge in [0.2, 0.25) is 0 Å². The lowest BCUT2D eigenvalue weighted by atomic mass is 10.3. The second-order valence-corrected chi connectivity index (χ2v) is 5.20. The Kier molecular flexibility index (Phi) is 5.04. The molecule has 2 aromatic carbocycles. The van der Waals surface area contributed by atoms with E-state index in [1.54, 1.807) is 12.1 Å². The quantitative estimate of drug-likeness (QED) is 0.758. The highest BCUT2D eigenvalue weighted by atomic mass is 35.5. The van der Waals surface area contributed by atoms with Gasteiger partial charge in [-0.3, -0.25) is 0 Å². The van der Waals surface area contributed by atoms with E-state index in [-0.39, 0.29) is 11.5 Å². The summed E-state index contributed by atoms with van der Waals surface area (Å²) in [6, 6.07) is 8.45. The lowest BCUT2D eigenvalue weighted by Gasteiger charge is -2.14. The summed E-state index contributed by atoms with van der Waals surface area (Å²) in [5.74, 6) is 0.493. The van der Waals surface area contributed by atoms with Crippen LogP contribution in [0.4, 0.5) is 13.2 Å². The molecule has 0 fully saturated rings. The molecule has 0 aliphatic carbocycles. The van der Waals surface area contributed by atoms with Gasteiger partial charge in [-0.25, -0.2) is 0 Å². The maximum absolute atomic E-state index is 12.3. The Morgan fingerprint density at radius 2 is 1.73 bits per heavy atom. The number of ether oxygens (including phenoxy) is 3. The van der Waals surface area contributed by atoms with Crippen LogP contribution in [0.15, 0.2) is 36.4 Å². The van der Waals surface area contributed by atoms with E-state index >= 15 is 0 Å². The molecule has 0 aliphatic rings. The van der Waals surface area contributed by atoms with Crippen LogP contribution in [0.5, 0.6) is 23.0 Å². The summed E-state index contributed by atoms with van der Waals surface area (Å²) < 4.78 is 51.4. The maximum atomic E-state index is 12.3. The number of alkyl halides is 3. The third kappa shape index (κ3) is 4.42. The molecule has 0 spiro atoms. The Hall–Kier alpha value is -1.65. The first-order chi connectivity index (χ1) is 10.3. The lowest BCUT2D eigenvalue weighted by molar-refractivity contribution is -0.274. The van der Waals surface area contributed by atoms with Crippen LogP contribution in [0.2, 0.25) is 5.02 Å². The Morgan fingerprint density at radius 3 is 2.36 bits per heavy atom. The summed E-state index contributed by atoms with van der Waals surface area (Å²) in [4.78, 5) is 0. The first-order valence-electron chi connectivity index (χ1n) is 5.95. The molecule has 0 saturated heterocycles. The molecule has 3 nitrogen and oxygen atoms in total. The average Bonchev–Trinajstić information content (AvgIpc) is 2.42. The molecule has 118 valence electrons. The molecular formula is C14H11ClF3O3P. The summed E-state index contributed by atoms with van der Waals surface area (Å²) in [6.07, 6.45) is -4.77. The molecule has 0 amide bonds. The number of hydrogen-bond donors (Lipinski definition) is 0. The molecule has 0 N–H and O–H groups in total. The molecular weight excluding hydrogens is 340 g/mol. The van der Waals surface area contributed by atoms with Crippen LogP contribution in [0.25, 0.3) is 0 Å². The molecule has 1 unspecified atom stereocenters. The van der Waals surface area contributed by atoms with Crippen molar-refractivity contribution in [1.82, 2.24) is 0 Å². The van der Waals surface area contributed by atoms with Gasteiger partial charge in [0, 0.05) is 22.5 Å². The fourth-order valence-corrected chi connectivity index (χ4v) is 2.04. The fourth-order valence-electron chi connectivity index (χ4n) is 1.64. The summed E-state index contributed by atoms with van der Waals surface area (Å²) in [6.45, 7) is 0. The third-order valence-corrected chi connectivity index (χ3v) is 3.28. The Labute approximate surface area is 132 Å². The largest absolute Gasteiger partial charge is 0.573 e. The van der Waals surface area contributed by atoms with E-state index in [0.717, 1.165) is 6.07 Å². The van der Waals surface area contributed by atoms with Crippen molar-refractivity contribution < 1.29 is 27.4 Å². The second-order valence-electron chi connectivity index (χ2n) is 4.14. The lowest BCUT2D eigenvalue weighted by Crippen LogP contribution is -2.17. The smallest absolute Gasteiger partial charge is 0.493 e. The van der Waals surface area contributed by atoms with E-state index in [2.05, 4.69) is 14.0 Å². The molecule has 0 bridgehead atoms. The van der Waals surface area contributed by atoms with Crippen LogP contribution in [-0.2, 0) is 0 Å². The summed E-state index contributed by atoms with van der Waals surface area (Å²) >= 11 is 5.84. The van der Waals surface area contributed by atoms with Crippen LogP contribution in [-0.4, -0.2) is 13.5 Å². The van der Waals surface area contributed by atoms with Crippen molar-refractivity contribution in [2.24, 2.45) is 0 Å². The van der Waals surface area contributed by atoms with Crippen LogP contribution in [0, 0.1) is 0 Å². The van der Waals surface area contributed by atoms with Gasteiger partial charge >= 0.3 is 6.36 Å². The molecule has 2 aromatic rings. The normalized spacial score (nSPS) is 11.2. The highest BCUT2D eigenvalue weighted by molar-refractivity contribution is 7.27. The van der Waals surface area contributed by atoms with E-state index < -0.39 is 6.36 Å². The highest BCUT2D eigenvalue weighted by Crippen LogP contribution is 2.35. The van der Waals surface area contributed by atoms with Gasteiger partial charge in [-0.15, -0.1) is 22.4 Å². The van der Waals surface area contributed by atoms with Crippen molar-refractivity contribution in [3.05, 3.63) is 41.4 Å². The van der Waals surface area contributed by atoms with Crippen molar-refractivity contribution in [2.45, 2.75) is 6.36 Å². The molecule has 1 atom stereocenters. The average molecular weight is 351 g/mol. The third-order valence-electron chi connectivity index (χ3n) is 2.56. The van der Waals surface area contributed by atoms with Gasteiger partial charge in [-0.05, 0) is 24.3 Å². The van der Waals surface area contributed by atoms with E-state index in [9.17, 15) is 13.2 Å². The van der Waals surface area contributed by atoms with Crippen LogP contribution in [0.3, 0.4) is 0 Å².